The summed E-state index contributed by atoms with van der Waals surface area (Å²) in [6, 6.07) is 9.80. The van der Waals surface area contributed by atoms with Gasteiger partial charge in [0.15, 0.2) is 0 Å². The molecule has 0 saturated carbocycles. The van der Waals surface area contributed by atoms with E-state index in [1.54, 1.807) is 0 Å². The van der Waals surface area contributed by atoms with Crippen LogP contribution >= 0.6 is 11.8 Å². The lowest BCUT2D eigenvalue weighted by molar-refractivity contribution is -0.118. The van der Waals surface area contributed by atoms with Gasteiger partial charge in [-0.15, -0.1) is 10.2 Å². The van der Waals surface area contributed by atoms with Crippen LogP contribution in [0.25, 0.3) is 0 Å². The number of rotatable bonds is 7. The highest BCUT2D eigenvalue weighted by Gasteiger charge is 2.08. The van der Waals surface area contributed by atoms with Gasteiger partial charge in [0.25, 0.3) is 5.22 Å². The Kier molecular flexibility index (Phi) is 5.61. The normalized spacial score (nSPS) is 10.4. The van der Waals surface area contributed by atoms with Gasteiger partial charge in [-0.25, -0.2) is 0 Å². The minimum absolute atomic E-state index is 0.0471. The molecule has 1 amide bonds. The molecule has 0 spiro atoms. The molecule has 106 valence electrons. The van der Waals surface area contributed by atoms with Gasteiger partial charge in [-0.3, -0.25) is 4.79 Å². The van der Waals surface area contributed by atoms with Gasteiger partial charge in [0, 0.05) is 13.0 Å². The molecule has 0 unspecified atom stereocenters. The zero-order valence-corrected chi connectivity index (χ0v) is 12.2. The summed E-state index contributed by atoms with van der Waals surface area (Å²) in [5.74, 6) is 0.856. The Morgan fingerprint density at radius 3 is 2.85 bits per heavy atom. The van der Waals surface area contributed by atoms with Crippen molar-refractivity contribution in [3.63, 3.8) is 0 Å². The Morgan fingerprint density at radius 1 is 1.30 bits per heavy atom. The molecule has 5 nitrogen and oxygen atoms in total. The van der Waals surface area contributed by atoms with Gasteiger partial charge in [-0.1, -0.05) is 49.0 Å². The van der Waals surface area contributed by atoms with E-state index in [4.69, 9.17) is 4.42 Å². The van der Waals surface area contributed by atoms with Crippen molar-refractivity contribution in [3.8, 4) is 0 Å². The summed E-state index contributed by atoms with van der Waals surface area (Å²) < 4.78 is 5.40. The first-order valence-electron chi connectivity index (χ1n) is 6.53. The van der Waals surface area contributed by atoms with E-state index in [1.165, 1.54) is 11.8 Å². The number of hydrogen-bond donors (Lipinski definition) is 1. The number of carbonyl (C=O) groups is 1. The summed E-state index contributed by atoms with van der Waals surface area (Å²) in [6.45, 7) is 2.58. The van der Waals surface area contributed by atoms with Crippen LogP contribution < -0.4 is 5.32 Å². The van der Waals surface area contributed by atoms with E-state index in [2.05, 4.69) is 15.5 Å². The van der Waals surface area contributed by atoms with Gasteiger partial charge < -0.3 is 9.73 Å². The first-order chi connectivity index (χ1) is 9.78. The Bertz CT molecular complexity index is 542. The molecule has 1 aromatic carbocycles. The van der Waals surface area contributed by atoms with E-state index >= 15 is 0 Å². The molecule has 2 rings (SSSR count). The Hall–Kier alpha value is -1.82. The third-order valence-corrected chi connectivity index (χ3v) is 3.39. The lowest BCUT2D eigenvalue weighted by Crippen LogP contribution is -2.24. The number of carbonyl (C=O) groups excluding carboxylic acids is 1. The predicted octanol–water partition coefficient (Wildman–Crippen LogP) is 2.43. The van der Waals surface area contributed by atoms with Gasteiger partial charge in [-0.2, -0.15) is 0 Å². The van der Waals surface area contributed by atoms with Crippen molar-refractivity contribution in [2.24, 2.45) is 0 Å². The molecule has 0 bridgehead atoms. The molecule has 2 aromatic rings. The number of aromatic nitrogens is 2. The van der Waals surface area contributed by atoms with Crippen LogP contribution in [0.15, 0.2) is 40.0 Å². The van der Waals surface area contributed by atoms with E-state index in [-0.39, 0.29) is 11.7 Å². The first-order valence-corrected chi connectivity index (χ1v) is 7.52. The molecular weight excluding hydrogens is 274 g/mol. The summed E-state index contributed by atoms with van der Waals surface area (Å²) in [6.07, 6.45) is 1.73. The van der Waals surface area contributed by atoms with Crippen molar-refractivity contribution in [2.45, 2.75) is 31.5 Å². The summed E-state index contributed by atoms with van der Waals surface area (Å²) in [7, 11) is 0. The molecule has 0 aliphatic carbocycles. The smallest absolute Gasteiger partial charge is 0.277 e. The standard InChI is InChI=1S/C14H17N3O2S/c1-2-6-13-16-17-14(19-13)20-10-12(18)15-9-11-7-4-3-5-8-11/h3-5,7-8H,2,6,9-10H2,1H3,(H,15,18). The molecule has 0 aliphatic heterocycles. The summed E-state index contributed by atoms with van der Waals surface area (Å²) in [5, 5.41) is 11.1. The Labute approximate surface area is 122 Å². The van der Waals surface area contributed by atoms with Crippen molar-refractivity contribution in [1.82, 2.24) is 15.5 Å². The monoisotopic (exact) mass is 291 g/mol. The lowest BCUT2D eigenvalue weighted by atomic mass is 10.2. The molecule has 0 radical (unpaired) electrons. The highest BCUT2D eigenvalue weighted by molar-refractivity contribution is 7.99. The molecule has 0 saturated heterocycles. The molecule has 20 heavy (non-hydrogen) atoms. The van der Waals surface area contributed by atoms with Crippen LogP contribution in [0.2, 0.25) is 0 Å². The largest absolute Gasteiger partial charge is 0.416 e. The van der Waals surface area contributed by atoms with Crippen LogP contribution in [-0.2, 0) is 17.8 Å². The average Bonchev–Trinajstić information content (AvgIpc) is 2.92. The minimum Gasteiger partial charge on any atom is -0.416 e. The molecule has 0 atom stereocenters. The van der Waals surface area contributed by atoms with Crippen LogP contribution in [0.4, 0.5) is 0 Å². The molecular formula is C14H17N3O2S. The Balaban J connectivity index is 1.71. The van der Waals surface area contributed by atoms with Crippen molar-refractivity contribution in [2.75, 3.05) is 5.75 Å². The second kappa shape index (κ2) is 7.69. The van der Waals surface area contributed by atoms with Gasteiger partial charge in [0.2, 0.25) is 11.8 Å². The van der Waals surface area contributed by atoms with Crippen LogP contribution in [0.1, 0.15) is 24.8 Å². The number of nitrogens with one attached hydrogen (secondary N) is 1. The molecule has 0 fully saturated rings. The molecule has 0 aliphatic rings. The fraction of sp³-hybridized carbons (Fsp3) is 0.357. The van der Waals surface area contributed by atoms with Gasteiger partial charge >= 0.3 is 0 Å². The van der Waals surface area contributed by atoms with Gasteiger partial charge in [0.05, 0.1) is 5.75 Å². The van der Waals surface area contributed by atoms with E-state index in [0.29, 0.717) is 17.7 Å². The first kappa shape index (κ1) is 14.6. The van der Waals surface area contributed by atoms with Gasteiger partial charge in [-0.05, 0) is 12.0 Å². The molecule has 1 heterocycles. The maximum absolute atomic E-state index is 11.7. The second-order valence-corrected chi connectivity index (χ2v) is 5.19. The fourth-order valence-corrected chi connectivity index (χ4v) is 2.20. The summed E-state index contributed by atoms with van der Waals surface area (Å²) in [4.78, 5) is 11.7. The van der Waals surface area contributed by atoms with Crippen molar-refractivity contribution in [1.29, 1.82) is 0 Å². The molecule has 1 aromatic heterocycles. The quantitative estimate of drug-likeness (QED) is 0.794. The number of hydrogen-bond acceptors (Lipinski definition) is 5. The van der Waals surface area contributed by atoms with Gasteiger partial charge in [0.1, 0.15) is 0 Å². The molecule has 1 N–H and O–H groups in total. The third kappa shape index (κ3) is 4.70. The number of nitrogens with zero attached hydrogens (tertiary/aromatic N) is 2. The van der Waals surface area contributed by atoms with Crippen LogP contribution in [0.3, 0.4) is 0 Å². The lowest BCUT2D eigenvalue weighted by Gasteiger charge is -2.03. The highest BCUT2D eigenvalue weighted by atomic mass is 32.2. The number of thioether (sulfide) groups is 1. The fourth-order valence-electron chi connectivity index (χ4n) is 1.59. The van der Waals surface area contributed by atoms with Crippen molar-refractivity contribution < 1.29 is 9.21 Å². The number of amides is 1. The zero-order valence-electron chi connectivity index (χ0n) is 11.3. The highest BCUT2D eigenvalue weighted by Crippen LogP contribution is 2.16. The van der Waals surface area contributed by atoms with Crippen LogP contribution in [0.5, 0.6) is 0 Å². The van der Waals surface area contributed by atoms with E-state index < -0.39 is 0 Å². The summed E-state index contributed by atoms with van der Waals surface area (Å²) in [5.41, 5.74) is 1.08. The van der Waals surface area contributed by atoms with E-state index in [9.17, 15) is 4.79 Å². The van der Waals surface area contributed by atoms with Crippen molar-refractivity contribution >= 4 is 17.7 Å². The minimum atomic E-state index is -0.0471. The van der Waals surface area contributed by atoms with Crippen LogP contribution in [-0.4, -0.2) is 21.9 Å². The van der Waals surface area contributed by atoms with E-state index in [1.807, 2.05) is 37.3 Å². The SMILES string of the molecule is CCCc1nnc(SCC(=O)NCc2ccccc2)o1. The maximum atomic E-state index is 11.7. The van der Waals surface area contributed by atoms with E-state index in [0.717, 1.165) is 18.4 Å². The van der Waals surface area contributed by atoms with Crippen LogP contribution in [0, 0.1) is 0 Å². The maximum Gasteiger partial charge on any atom is 0.277 e. The number of benzene rings is 1. The summed E-state index contributed by atoms with van der Waals surface area (Å²) >= 11 is 1.26. The topological polar surface area (TPSA) is 68.0 Å². The zero-order chi connectivity index (χ0) is 14.2. The third-order valence-electron chi connectivity index (χ3n) is 2.57. The van der Waals surface area contributed by atoms with Crippen molar-refractivity contribution in [3.05, 3.63) is 41.8 Å². The molecule has 6 heteroatoms. The number of aryl methyl sites for hydroxylation is 1. The average molecular weight is 291 g/mol. The Morgan fingerprint density at radius 2 is 2.10 bits per heavy atom. The second-order valence-electron chi connectivity index (χ2n) is 4.26. The predicted molar refractivity (Wildman–Crippen MR) is 77.3 cm³/mol.